The van der Waals surface area contributed by atoms with E-state index < -0.39 is 35.4 Å². The predicted octanol–water partition coefficient (Wildman–Crippen LogP) is 0.337. The first-order valence-corrected chi connectivity index (χ1v) is 7.45. The van der Waals surface area contributed by atoms with Crippen molar-refractivity contribution in [2.75, 3.05) is 13.2 Å². The van der Waals surface area contributed by atoms with Crippen molar-refractivity contribution in [3.8, 4) is 0 Å². The average molecular weight is 328 g/mol. The van der Waals surface area contributed by atoms with Gasteiger partial charge in [-0.05, 0) is 40.5 Å². The van der Waals surface area contributed by atoms with Crippen LogP contribution in [0.5, 0.6) is 0 Å². The molecule has 0 saturated carbocycles. The van der Waals surface area contributed by atoms with Gasteiger partial charge in [-0.15, -0.1) is 5.10 Å². The highest BCUT2D eigenvalue weighted by Crippen LogP contribution is 2.20. The van der Waals surface area contributed by atoms with Gasteiger partial charge in [0.1, 0.15) is 11.6 Å². The molecule has 0 aromatic heterocycles. The Bertz CT molecular complexity index is 498. The highest BCUT2D eigenvalue weighted by atomic mass is 16.6. The molecule has 1 heterocycles. The summed E-state index contributed by atoms with van der Waals surface area (Å²) in [4.78, 5) is 36.9. The largest absolute Gasteiger partial charge is 0.460 e. The normalized spacial score (nSPS) is 18.5. The molecular weight excluding hydrogens is 304 g/mol. The SMILES string of the molecule is CCOC(=O)/C(N)=N/NC(=O)[C@@H]1CCCN1C(=O)OC(C)(C)C. The van der Waals surface area contributed by atoms with Gasteiger partial charge in [-0.25, -0.2) is 15.0 Å². The molecule has 3 N–H and O–H groups in total. The monoisotopic (exact) mass is 328 g/mol. The van der Waals surface area contributed by atoms with Crippen LogP contribution >= 0.6 is 0 Å². The summed E-state index contributed by atoms with van der Waals surface area (Å²) in [6, 6.07) is -0.705. The number of nitrogens with one attached hydrogen (secondary N) is 1. The smallest absolute Gasteiger partial charge is 0.410 e. The van der Waals surface area contributed by atoms with Crippen LogP contribution in [0, 0.1) is 0 Å². The van der Waals surface area contributed by atoms with Gasteiger partial charge in [-0.2, -0.15) is 0 Å². The Balaban J connectivity index is 2.66. The zero-order valence-corrected chi connectivity index (χ0v) is 13.9. The van der Waals surface area contributed by atoms with Gasteiger partial charge in [0.05, 0.1) is 6.61 Å². The Labute approximate surface area is 135 Å². The minimum atomic E-state index is -0.816. The van der Waals surface area contributed by atoms with E-state index in [1.54, 1.807) is 27.7 Å². The molecule has 0 spiro atoms. The Kier molecular flexibility index (Phi) is 6.35. The number of carbonyl (C=O) groups is 3. The fourth-order valence-corrected chi connectivity index (χ4v) is 2.02. The van der Waals surface area contributed by atoms with Crippen molar-refractivity contribution in [1.29, 1.82) is 0 Å². The molecule has 0 radical (unpaired) electrons. The fraction of sp³-hybridized carbons (Fsp3) is 0.714. The van der Waals surface area contributed by atoms with Gasteiger partial charge in [0.15, 0.2) is 0 Å². The highest BCUT2D eigenvalue weighted by Gasteiger charge is 2.36. The maximum absolute atomic E-state index is 12.1. The van der Waals surface area contributed by atoms with Crippen molar-refractivity contribution in [2.45, 2.75) is 52.2 Å². The highest BCUT2D eigenvalue weighted by molar-refractivity contribution is 6.34. The van der Waals surface area contributed by atoms with Crippen molar-refractivity contribution in [1.82, 2.24) is 10.3 Å². The number of hydrogen-bond donors (Lipinski definition) is 2. The number of ether oxygens (including phenoxy) is 2. The summed E-state index contributed by atoms with van der Waals surface area (Å²) in [6.45, 7) is 7.45. The molecule has 1 aliphatic heterocycles. The molecule has 0 aromatic carbocycles. The van der Waals surface area contributed by atoms with Gasteiger partial charge in [0.2, 0.25) is 5.84 Å². The average Bonchev–Trinajstić information content (AvgIpc) is 2.92. The number of esters is 1. The first-order valence-electron chi connectivity index (χ1n) is 7.45. The molecule has 0 bridgehead atoms. The van der Waals surface area contributed by atoms with Crippen LogP contribution in [0.4, 0.5) is 4.79 Å². The number of likely N-dealkylation sites (tertiary alicyclic amines) is 1. The maximum Gasteiger partial charge on any atom is 0.410 e. The number of nitrogens with two attached hydrogens (primary N) is 1. The molecule has 2 amide bonds. The Hall–Kier alpha value is -2.32. The van der Waals surface area contributed by atoms with E-state index in [0.717, 1.165) is 0 Å². The summed E-state index contributed by atoms with van der Waals surface area (Å²) >= 11 is 0. The summed E-state index contributed by atoms with van der Waals surface area (Å²) in [5.74, 6) is -1.80. The van der Waals surface area contributed by atoms with Crippen molar-refractivity contribution in [3.05, 3.63) is 0 Å². The molecule has 9 heteroatoms. The molecule has 1 saturated heterocycles. The standard InChI is InChI=1S/C14H24N4O5/c1-5-22-12(20)10(15)16-17-11(19)9-7-6-8-18(9)13(21)23-14(2,3)4/h9H,5-8H2,1-4H3,(H2,15,16)(H,17,19)/t9-/m0/s1. The second-order valence-electron chi connectivity index (χ2n) is 6.03. The number of nitrogens with zero attached hydrogens (tertiary/aromatic N) is 2. The number of amidine groups is 1. The number of hydrazone groups is 1. The topological polar surface area (TPSA) is 123 Å². The Morgan fingerprint density at radius 3 is 2.57 bits per heavy atom. The molecule has 1 rings (SSSR count). The molecule has 0 aliphatic carbocycles. The second kappa shape index (κ2) is 7.80. The molecule has 0 aromatic rings. The fourth-order valence-electron chi connectivity index (χ4n) is 2.02. The van der Waals surface area contributed by atoms with Crippen molar-refractivity contribution in [2.24, 2.45) is 10.8 Å². The molecule has 9 nitrogen and oxygen atoms in total. The number of amides is 2. The third-order valence-corrected chi connectivity index (χ3v) is 2.95. The van der Waals surface area contributed by atoms with E-state index in [9.17, 15) is 14.4 Å². The summed E-state index contributed by atoms with van der Waals surface area (Å²) < 4.78 is 9.92. The number of carbonyl (C=O) groups excluding carboxylic acids is 3. The van der Waals surface area contributed by atoms with E-state index in [1.165, 1.54) is 4.90 Å². The van der Waals surface area contributed by atoms with Crippen LogP contribution in [0.25, 0.3) is 0 Å². The lowest BCUT2D eigenvalue weighted by molar-refractivity contribution is -0.135. The summed E-state index contributed by atoms with van der Waals surface area (Å²) in [6.07, 6.45) is 0.603. The van der Waals surface area contributed by atoms with Crippen LogP contribution in [0.1, 0.15) is 40.5 Å². The lowest BCUT2D eigenvalue weighted by Crippen LogP contribution is -2.47. The van der Waals surface area contributed by atoms with Crippen LogP contribution < -0.4 is 11.2 Å². The van der Waals surface area contributed by atoms with E-state index in [-0.39, 0.29) is 6.61 Å². The van der Waals surface area contributed by atoms with Crippen LogP contribution in [0.2, 0.25) is 0 Å². The summed E-state index contributed by atoms with van der Waals surface area (Å²) in [5.41, 5.74) is 6.92. The third-order valence-electron chi connectivity index (χ3n) is 2.95. The molecule has 130 valence electrons. The van der Waals surface area contributed by atoms with Gasteiger partial charge in [-0.3, -0.25) is 9.69 Å². The predicted molar refractivity (Wildman–Crippen MR) is 82.4 cm³/mol. The van der Waals surface area contributed by atoms with Gasteiger partial charge >= 0.3 is 12.1 Å². The third kappa shape index (κ3) is 5.76. The van der Waals surface area contributed by atoms with Crippen molar-refractivity contribution in [3.63, 3.8) is 0 Å². The lowest BCUT2D eigenvalue weighted by Gasteiger charge is -2.27. The number of hydrogen-bond acceptors (Lipinski definition) is 6. The molecule has 1 aliphatic rings. The zero-order valence-electron chi connectivity index (χ0n) is 13.9. The van der Waals surface area contributed by atoms with Crippen LogP contribution in [0.3, 0.4) is 0 Å². The molecule has 0 unspecified atom stereocenters. The zero-order chi connectivity index (χ0) is 17.6. The van der Waals surface area contributed by atoms with E-state index in [2.05, 4.69) is 15.3 Å². The molecule has 1 atom stereocenters. The molecule has 23 heavy (non-hydrogen) atoms. The van der Waals surface area contributed by atoms with E-state index in [0.29, 0.717) is 19.4 Å². The Morgan fingerprint density at radius 2 is 2.00 bits per heavy atom. The quantitative estimate of drug-likeness (QED) is 0.333. The molecule has 1 fully saturated rings. The molecular formula is C14H24N4O5. The minimum Gasteiger partial charge on any atom is -0.460 e. The van der Waals surface area contributed by atoms with Gasteiger partial charge in [-0.1, -0.05) is 0 Å². The van der Waals surface area contributed by atoms with Gasteiger partial charge in [0, 0.05) is 6.54 Å². The first-order chi connectivity index (χ1) is 10.7. The van der Waals surface area contributed by atoms with Crippen molar-refractivity contribution >= 4 is 23.8 Å². The number of rotatable bonds is 3. The maximum atomic E-state index is 12.1. The second-order valence-corrected chi connectivity index (χ2v) is 6.03. The first kappa shape index (κ1) is 18.7. The summed E-state index contributed by atoms with van der Waals surface area (Å²) in [7, 11) is 0. The summed E-state index contributed by atoms with van der Waals surface area (Å²) in [5, 5.41) is 3.50. The van der Waals surface area contributed by atoms with Gasteiger partial charge in [0.25, 0.3) is 5.91 Å². The van der Waals surface area contributed by atoms with Crippen LogP contribution in [0.15, 0.2) is 5.10 Å². The van der Waals surface area contributed by atoms with Crippen LogP contribution in [-0.2, 0) is 19.1 Å². The van der Waals surface area contributed by atoms with Crippen LogP contribution in [-0.4, -0.2) is 53.5 Å². The van der Waals surface area contributed by atoms with Gasteiger partial charge < -0.3 is 15.2 Å². The van der Waals surface area contributed by atoms with E-state index in [1.807, 2.05) is 0 Å². The van der Waals surface area contributed by atoms with Crippen molar-refractivity contribution < 1.29 is 23.9 Å². The Morgan fingerprint density at radius 1 is 1.35 bits per heavy atom. The van der Waals surface area contributed by atoms with E-state index >= 15 is 0 Å². The minimum absolute atomic E-state index is 0.151. The van der Waals surface area contributed by atoms with E-state index in [4.69, 9.17) is 10.5 Å². The lowest BCUT2D eigenvalue weighted by atomic mass is 10.2.